The lowest BCUT2D eigenvalue weighted by molar-refractivity contribution is -0.145. The second-order valence-corrected chi connectivity index (χ2v) is 5.36. The number of rotatable bonds is 3. The molecule has 18 heavy (non-hydrogen) atoms. The third-order valence-electron chi connectivity index (χ3n) is 4.02. The van der Waals surface area contributed by atoms with E-state index in [1.807, 2.05) is 43.3 Å². The van der Waals surface area contributed by atoms with Gasteiger partial charge in [0.15, 0.2) is 0 Å². The Morgan fingerprint density at radius 2 is 1.78 bits per heavy atom. The maximum Gasteiger partial charge on any atom is 0.314 e. The maximum atomic E-state index is 11.8. The van der Waals surface area contributed by atoms with E-state index in [0.29, 0.717) is 0 Å². The molecule has 1 fully saturated rings. The van der Waals surface area contributed by atoms with Crippen LogP contribution in [0.25, 0.3) is 0 Å². The van der Waals surface area contributed by atoms with Gasteiger partial charge in [-0.15, -0.1) is 0 Å². The standard InChI is InChI=1S/C15H21NO2/c1-16(2)13-9-5-4-8-12(13)15(14(17)18)10-6-3-7-11-15/h4-5,8-9H,3,6-7,10-11H2,1-2H3,(H,17,18). The van der Waals surface area contributed by atoms with Gasteiger partial charge in [-0.25, -0.2) is 0 Å². The normalized spacial score (nSPS) is 18.3. The van der Waals surface area contributed by atoms with Crippen LogP contribution in [0, 0.1) is 0 Å². The van der Waals surface area contributed by atoms with Crippen molar-refractivity contribution in [3.63, 3.8) is 0 Å². The number of aliphatic carboxylic acids is 1. The van der Waals surface area contributed by atoms with Crippen molar-refractivity contribution in [2.45, 2.75) is 37.5 Å². The van der Waals surface area contributed by atoms with Crippen LogP contribution < -0.4 is 4.90 Å². The molecule has 3 heteroatoms. The molecule has 1 aromatic carbocycles. The molecule has 0 radical (unpaired) electrons. The van der Waals surface area contributed by atoms with Crippen molar-refractivity contribution in [3.05, 3.63) is 29.8 Å². The second-order valence-electron chi connectivity index (χ2n) is 5.36. The Labute approximate surface area is 108 Å². The summed E-state index contributed by atoms with van der Waals surface area (Å²) in [6.07, 6.45) is 4.68. The van der Waals surface area contributed by atoms with Gasteiger partial charge >= 0.3 is 5.97 Å². The van der Waals surface area contributed by atoms with Crippen molar-refractivity contribution in [3.8, 4) is 0 Å². The minimum atomic E-state index is -0.681. The molecule has 0 heterocycles. The number of hydrogen-bond acceptors (Lipinski definition) is 2. The van der Waals surface area contributed by atoms with Crippen LogP contribution >= 0.6 is 0 Å². The third kappa shape index (κ3) is 2.09. The number of para-hydroxylation sites is 1. The fourth-order valence-electron chi connectivity index (χ4n) is 3.02. The molecule has 1 aliphatic rings. The summed E-state index contributed by atoms with van der Waals surface area (Å²) < 4.78 is 0. The highest BCUT2D eigenvalue weighted by atomic mass is 16.4. The van der Waals surface area contributed by atoms with Crippen molar-refractivity contribution in [1.82, 2.24) is 0 Å². The minimum Gasteiger partial charge on any atom is -0.481 e. The summed E-state index contributed by atoms with van der Waals surface area (Å²) in [7, 11) is 3.94. The molecule has 1 aliphatic carbocycles. The summed E-state index contributed by atoms with van der Waals surface area (Å²) in [5.74, 6) is -0.670. The fourth-order valence-corrected chi connectivity index (χ4v) is 3.02. The molecule has 0 aliphatic heterocycles. The monoisotopic (exact) mass is 247 g/mol. The molecular weight excluding hydrogens is 226 g/mol. The number of benzene rings is 1. The Morgan fingerprint density at radius 3 is 2.33 bits per heavy atom. The van der Waals surface area contributed by atoms with Gasteiger partial charge < -0.3 is 10.0 Å². The zero-order valence-electron chi connectivity index (χ0n) is 11.1. The van der Waals surface area contributed by atoms with Gasteiger partial charge in [0.25, 0.3) is 0 Å². The van der Waals surface area contributed by atoms with Crippen molar-refractivity contribution in [1.29, 1.82) is 0 Å². The highest BCUT2D eigenvalue weighted by Crippen LogP contribution is 2.43. The predicted octanol–water partition coefficient (Wildman–Crippen LogP) is 3.04. The molecule has 98 valence electrons. The number of carboxylic acid groups (broad SMARTS) is 1. The van der Waals surface area contributed by atoms with Gasteiger partial charge in [0.2, 0.25) is 0 Å². The van der Waals surface area contributed by atoms with E-state index in [0.717, 1.165) is 43.4 Å². The molecule has 0 unspecified atom stereocenters. The number of carboxylic acids is 1. The van der Waals surface area contributed by atoms with Gasteiger partial charge in [-0.1, -0.05) is 37.5 Å². The summed E-state index contributed by atoms with van der Waals surface area (Å²) in [5, 5.41) is 9.73. The Balaban J connectivity index is 2.52. The first-order valence-electron chi connectivity index (χ1n) is 6.58. The van der Waals surface area contributed by atoms with Gasteiger partial charge in [-0.05, 0) is 24.5 Å². The number of hydrogen-bond donors (Lipinski definition) is 1. The third-order valence-corrected chi connectivity index (χ3v) is 4.02. The molecule has 1 N–H and O–H groups in total. The van der Waals surface area contributed by atoms with Crippen LogP contribution in [0.1, 0.15) is 37.7 Å². The van der Waals surface area contributed by atoms with Crippen LogP contribution in [0.4, 0.5) is 5.69 Å². The maximum absolute atomic E-state index is 11.8. The summed E-state index contributed by atoms with van der Waals surface area (Å²) >= 11 is 0. The molecule has 1 aromatic rings. The van der Waals surface area contributed by atoms with Crippen molar-refractivity contribution < 1.29 is 9.90 Å². The summed E-state index contributed by atoms with van der Waals surface area (Å²) in [6.45, 7) is 0. The van der Waals surface area contributed by atoms with Crippen LogP contribution in [-0.4, -0.2) is 25.2 Å². The molecule has 0 saturated heterocycles. The number of carbonyl (C=O) groups is 1. The molecule has 0 amide bonds. The number of nitrogens with zero attached hydrogens (tertiary/aromatic N) is 1. The molecular formula is C15H21NO2. The van der Waals surface area contributed by atoms with E-state index in [4.69, 9.17) is 0 Å². The van der Waals surface area contributed by atoms with Crippen LogP contribution in [0.15, 0.2) is 24.3 Å². The Morgan fingerprint density at radius 1 is 1.17 bits per heavy atom. The van der Waals surface area contributed by atoms with Gasteiger partial charge in [-0.3, -0.25) is 4.79 Å². The van der Waals surface area contributed by atoms with Gasteiger partial charge in [0.05, 0.1) is 5.41 Å². The summed E-state index contributed by atoms with van der Waals surface area (Å²) in [6, 6.07) is 7.91. The lowest BCUT2D eigenvalue weighted by Crippen LogP contribution is -2.39. The van der Waals surface area contributed by atoms with E-state index in [-0.39, 0.29) is 0 Å². The molecule has 0 spiro atoms. The highest BCUT2D eigenvalue weighted by Gasteiger charge is 2.42. The SMILES string of the molecule is CN(C)c1ccccc1C1(C(=O)O)CCCCC1. The molecule has 0 bridgehead atoms. The average molecular weight is 247 g/mol. The lowest BCUT2D eigenvalue weighted by atomic mass is 9.69. The highest BCUT2D eigenvalue weighted by molar-refractivity contribution is 5.84. The van der Waals surface area contributed by atoms with Crippen molar-refractivity contribution in [2.75, 3.05) is 19.0 Å². The van der Waals surface area contributed by atoms with E-state index in [9.17, 15) is 9.90 Å². The second kappa shape index (κ2) is 5.01. The van der Waals surface area contributed by atoms with Crippen molar-refractivity contribution >= 4 is 11.7 Å². The minimum absolute atomic E-state index is 0.670. The van der Waals surface area contributed by atoms with E-state index < -0.39 is 11.4 Å². The largest absolute Gasteiger partial charge is 0.481 e. The first-order valence-corrected chi connectivity index (χ1v) is 6.58. The zero-order valence-corrected chi connectivity index (χ0v) is 11.1. The quantitative estimate of drug-likeness (QED) is 0.892. The van der Waals surface area contributed by atoms with Crippen LogP contribution in [0.5, 0.6) is 0 Å². The topological polar surface area (TPSA) is 40.5 Å². The molecule has 0 aromatic heterocycles. The molecule has 3 nitrogen and oxygen atoms in total. The Kier molecular flexibility index (Phi) is 3.60. The summed E-state index contributed by atoms with van der Waals surface area (Å²) in [5.41, 5.74) is 1.32. The summed E-state index contributed by atoms with van der Waals surface area (Å²) in [4.78, 5) is 13.8. The van der Waals surface area contributed by atoms with Crippen LogP contribution in [0.3, 0.4) is 0 Å². The van der Waals surface area contributed by atoms with Crippen LogP contribution in [0.2, 0.25) is 0 Å². The van der Waals surface area contributed by atoms with E-state index in [1.165, 1.54) is 0 Å². The Bertz CT molecular complexity index is 434. The van der Waals surface area contributed by atoms with E-state index in [1.54, 1.807) is 0 Å². The lowest BCUT2D eigenvalue weighted by Gasteiger charge is -2.36. The van der Waals surface area contributed by atoms with Crippen molar-refractivity contribution in [2.24, 2.45) is 0 Å². The number of anilines is 1. The zero-order chi connectivity index (χ0) is 13.2. The van der Waals surface area contributed by atoms with Gasteiger partial charge in [-0.2, -0.15) is 0 Å². The average Bonchev–Trinajstić information content (AvgIpc) is 2.39. The smallest absolute Gasteiger partial charge is 0.314 e. The molecule has 0 atom stereocenters. The Hall–Kier alpha value is -1.51. The predicted molar refractivity (Wildman–Crippen MR) is 73.2 cm³/mol. The van der Waals surface area contributed by atoms with Gasteiger partial charge in [0.1, 0.15) is 0 Å². The first-order chi connectivity index (χ1) is 8.58. The first kappa shape index (κ1) is 12.9. The van der Waals surface area contributed by atoms with E-state index in [2.05, 4.69) is 0 Å². The molecule has 1 saturated carbocycles. The molecule has 2 rings (SSSR count). The van der Waals surface area contributed by atoms with Crippen LogP contribution in [-0.2, 0) is 10.2 Å². The van der Waals surface area contributed by atoms with E-state index >= 15 is 0 Å². The fraction of sp³-hybridized carbons (Fsp3) is 0.533. The van der Waals surface area contributed by atoms with Gasteiger partial charge in [0, 0.05) is 19.8 Å².